The number of carbonyl (C=O) groups is 1. The van der Waals surface area contributed by atoms with Crippen LogP contribution in [0.3, 0.4) is 0 Å². The lowest BCUT2D eigenvalue weighted by atomic mass is 10.1. The molecule has 0 bridgehead atoms. The number of anilines is 2. The Kier molecular flexibility index (Phi) is 7.34. The van der Waals surface area contributed by atoms with Crippen LogP contribution in [0.1, 0.15) is 33.6 Å². The number of hydrogen-bond acceptors (Lipinski definition) is 10. The van der Waals surface area contributed by atoms with E-state index >= 15 is 0 Å². The molecule has 37 heavy (non-hydrogen) atoms. The molecule has 10 nitrogen and oxygen atoms in total. The highest BCUT2D eigenvalue weighted by molar-refractivity contribution is 7.21. The third-order valence-corrected chi connectivity index (χ3v) is 7.33. The molecule has 1 atom stereocenters. The third kappa shape index (κ3) is 5.88. The standard InChI is InChI=1S/C26H34N6O4S/c1-26(2,3)36-25(33)32-11-7-8-17(16-32)27-21-20(23-28-18-9-5-6-10-19(18)37-23)22(34-4)30-24(29-21)31-12-14-35-15-13-31/h5-6,9-10,17H,7-8,11-16H2,1-4H3,(H,27,29,30)/t17-/m1/s1. The maximum Gasteiger partial charge on any atom is 0.410 e. The second-order valence-electron chi connectivity index (χ2n) is 10.3. The first-order chi connectivity index (χ1) is 17.8. The Hall–Kier alpha value is -3.18. The molecule has 0 saturated carbocycles. The van der Waals surface area contributed by atoms with Gasteiger partial charge in [0.15, 0.2) is 0 Å². The van der Waals surface area contributed by atoms with Crippen LogP contribution < -0.4 is 15.0 Å². The van der Waals surface area contributed by atoms with E-state index in [9.17, 15) is 4.79 Å². The average Bonchev–Trinajstić information content (AvgIpc) is 3.31. The van der Waals surface area contributed by atoms with Crippen LogP contribution in [0.25, 0.3) is 20.8 Å². The van der Waals surface area contributed by atoms with E-state index in [4.69, 9.17) is 29.2 Å². The maximum atomic E-state index is 12.8. The van der Waals surface area contributed by atoms with Crippen LogP contribution >= 0.6 is 11.3 Å². The molecular weight excluding hydrogens is 492 g/mol. The monoisotopic (exact) mass is 526 g/mol. The van der Waals surface area contributed by atoms with E-state index in [0.29, 0.717) is 57.0 Å². The molecular formula is C26H34N6O4S. The van der Waals surface area contributed by atoms with E-state index in [0.717, 1.165) is 33.6 Å². The molecule has 1 amide bonds. The van der Waals surface area contributed by atoms with Crippen molar-refractivity contribution in [3.63, 3.8) is 0 Å². The van der Waals surface area contributed by atoms with Crippen LogP contribution in [0.15, 0.2) is 24.3 Å². The van der Waals surface area contributed by atoms with Gasteiger partial charge in [0.25, 0.3) is 0 Å². The maximum absolute atomic E-state index is 12.8. The summed E-state index contributed by atoms with van der Waals surface area (Å²) in [5.41, 5.74) is 1.11. The van der Waals surface area contributed by atoms with Crippen LogP contribution in [0, 0.1) is 0 Å². The SMILES string of the molecule is COc1nc(N2CCOCC2)nc(N[C@@H]2CCCN(C(=O)OC(C)(C)C)C2)c1-c1nc2ccccc2s1. The molecule has 2 fully saturated rings. The Morgan fingerprint density at radius 2 is 1.92 bits per heavy atom. The Morgan fingerprint density at radius 1 is 1.14 bits per heavy atom. The summed E-state index contributed by atoms with van der Waals surface area (Å²) in [5.74, 6) is 1.72. The fourth-order valence-corrected chi connectivity index (χ4v) is 5.54. The molecule has 11 heteroatoms. The van der Waals surface area contributed by atoms with E-state index in [1.54, 1.807) is 23.3 Å². The number of benzene rings is 1. The number of morpholine rings is 1. The number of amides is 1. The topological polar surface area (TPSA) is 102 Å². The summed E-state index contributed by atoms with van der Waals surface area (Å²) in [6, 6.07) is 8.03. The first-order valence-corrected chi connectivity index (χ1v) is 13.5. The van der Waals surface area contributed by atoms with Crippen LogP contribution in [0.2, 0.25) is 0 Å². The van der Waals surface area contributed by atoms with Gasteiger partial charge in [0, 0.05) is 32.2 Å². The van der Waals surface area contributed by atoms with Crippen molar-refractivity contribution in [2.45, 2.75) is 45.3 Å². The Morgan fingerprint density at radius 3 is 2.65 bits per heavy atom. The van der Waals surface area contributed by atoms with Crippen LogP contribution in [-0.4, -0.2) is 84.1 Å². The van der Waals surface area contributed by atoms with Gasteiger partial charge in [-0.2, -0.15) is 9.97 Å². The highest BCUT2D eigenvalue weighted by atomic mass is 32.1. The van der Waals surface area contributed by atoms with Gasteiger partial charge in [-0.15, -0.1) is 11.3 Å². The highest BCUT2D eigenvalue weighted by Crippen LogP contribution is 2.40. The molecule has 4 heterocycles. The van der Waals surface area contributed by atoms with Crippen molar-refractivity contribution >= 4 is 39.4 Å². The number of nitrogens with one attached hydrogen (secondary N) is 1. The van der Waals surface area contributed by atoms with Gasteiger partial charge in [-0.05, 0) is 45.7 Å². The molecule has 1 N–H and O–H groups in total. The molecule has 2 aliphatic rings. The summed E-state index contributed by atoms with van der Waals surface area (Å²) in [4.78, 5) is 31.3. The van der Waals surface area contributed by atoms with E-state index in [1.165, 1.54) is 0 Å². The fourth-order valence-electron chi connectivity index (χ4n) is 4.54. The van der Waals surface area contributed by atoms with Crippen molar-refractivity contribution in [3.05, 3.63) is 24.3 Å². The molecule has 1 aromatic carbocycles. The zero-order valence-corrected chi connectivity index (χ0v) is 22.6. The van der Waals surface area contributed by atoms with Gasteiger partial charge >= 0.3 is 6.09 Å². The third-order valence-electron chi connectivity index (χ3n) is 6.27. The van der Waals surface area contributed by atoms with Crippen LogP contribution in [0.5, 0.6) is 5.88 Å². The zero-order chi connectivity index (χ0) is 26.0. The minimum absolute atomic E-state index is 0.00783. The predicted molar refractivity (Wildman–Crippen MR) is 145 cm³/mol. The number of methoxy groups -OCH3 is 1. The summed E-state index contributed by atoms with van der Waals surface area (Å²) < 4.78 is 18.0. The minimum Gasteiger partial charge on any atom is -0.480 e. The van der Waals surface area contributed by atoms with E-state index in [1.807, 2.05) is 39.0 Å². The van der Waals surface area contributed by atoms with Gasteiger partial charge in [0.2, 0.25) is 11.8 Å². The van der Waals surface area contributed by atoms with Gasteiger partial charge in [-0.3, -0.25) is 0 Å². The number of likely N-dealkylation sites (tertiary alicyclic amines) is 1. The van der Waals surface area contributed by atoms with Crippen molar-refractivity contribution in [3.8, 4) is 16.5 Å². The summed E-state index contributed by atoms with van der Waals surface area (Å²) in [6.07, 6.45) is 1.48. The number of hydrogen-bond donors (Lipinski definition) is 1. The highest BCUT2D eigenvalue weighted by Gasteiger charge is 2.30. The van der Waals surface area contributed by atoms with Crippen molar-refractivity contribution in [2.75, 3.05) is 56.7 Å². The number of carbonyl (C=O) groups excluding carboxylic acids is 1. The molecule has 2 saturated heterocycles. The van der Waals surface area contributed by atoms with E-state index < -0.39 is 5.60 Å². The first-order valence-electron chi connectivity index (χ1n) is 12.7. The number of ether oxygens (including phenoxy) is 3. The number of aromatic nitrogens is 3. The first kappa shape index (κ1) is 25.5. The molecule has 0 radical (unpaired) electrons. The molecule has 0 spiro atoms. The smallest absolute Gasteiger partial charge is 0.410 e. The van der Waals surface area contributed by atoms with Crippen molar-refractivity contribution in [1.29, 1.82) is 0 Å². The van der Waals surface area contributed by atoms with E-state index in [2.05, 4.69) is 16.3 Å². The lowest BCUT2D eigenvalue weighted by Crippen LogP contribution is -2.47. The van der Waals surface area contributed by atoms with Gasteiger partial charge in [-0.1, -0.05) is 12.1 Å². The zero-order valence-electron chi connectivity index (χ0n) is 21.8. The normalized spacial score (nSPS) is 18.6. The second kappa shape index (κ2) is 10.7. The second-order valence-corrected chi connectivity index (χ2v) is 11.3. The molecule has 5 rings (SSSR count). The van der Waals surface area contributed by atoms with Gasteiger partial charge in [-0.25, -0.2) is 9.78 Å². The largest absolute Gasteiger partial charge is 0.480 e. The Balaban J connectivity index is 1.50. The number of thiazole rings is 1. The molecule has 3 aromatic rings. The molecule has 2 aliphatic heterocycles. The summed E-state index contributed by atoms with van der Waals surface area (Å²) in [6.45, 7) is 9.51. The lowest BCUT2D eigenvalue weighted by molar-refractivity contribution is 0.0206. The minimum atomic E-state index is -0.537. The Labute approximate surface area is 221 Å². The summed E-state index contributed by atoms with van der Waals surface area (Å²) in [5, 5.41) is 4.41. The Bertz CT molecular complexity index is 1220. The number of rotatable bonds is 5. The average molecular weight is 527 g/mol. The van der Waals surface area contributed by atoms with Crippen LogP contribution in [0.4, 0.5) is 16.6 Å². The summed E-state index contributed by atoms with van der Waals surface area (Å²) in [7, 11) is 1.62. The number of fused-ring (bicyclic) bond motifs is 1. The van der Waals surface area contributed by atoms with Crippen molar-refractivity contribution in [2.24, 2.45) is 0 Å². The quantitative estimate of drug-likeness (QED) is 0.518. The van der Waals surface area contributed by atoms with E-state index in [-0.39, 0.29) is 12.1 Å². The van der Waals surface area contributed by atoms with Gasteiger partial charge < -0.3 is 29.3 Å². The predicted octanol–water partition coefficient (Wildman–Crippen LogP) is 4.41. The number of piperidine rings is 1. The fraction of sp³-hybridized carbons (Fsp3) is 0.538. The molecule has 2 aromatic heterocycles. The molecule has 0 aliphatic carbocycles. The molecule has 0 unspecified atom stereocenters. The van der Waals surface area contributed by atoms with Crippen molar-refractivity contribution in [1.82, 2.24) is 19.9 Å². The number of para-hydroxylation sites is 1. The van der Waals surface area contributed by atoms with Gasteiger partial charge in [0.05, 0.1) is 30.5 Å². The lowest BCUT2D eigenvalue weighted by Gasteiger charge is -2.35. The van der Waals surface area contributed by atoms with Gasteiger partial charge in [0.1, 0.15) is 22.0 Å². The van der Waals surface area contributed by atoms with Crippen molar-refractivity contribution < 1.29 is 19.0 Å². The summed E-state index contributed by atoms with van der Waals surface area (Å²) >= 11 is 1.58. The number of nitrogens with zero attached hydrogens (tertiary/aromatic N) is 5. The molecule has 198 valence electrons. The van der Waals surface area contributed by atoms with Crippen LogP contribution in [-0.2, 0) is 9.47 Å².